The summed E-state index contributed by atoms with van der Waals surface area (Å²) in [6, 6.07) is 0.160. The highest BCUT2D eigenvalue weighted by Gasteiger charge is 2.15. The van der Waals surface area contributed by atoms with E-state index in [9.17, 15) is 4.79 Å². The Morgan fingerprint density at radius 2 is 2.33 bits per heavy atom. The molecule has 1 amide bonds. The molecule has 0 saturated carbocycles. The molecule has 0 bridgehead atoms. The van der Waals surface area contributed by atoms with Crippen LogP contribution in [-0.2, 0) is 0 Å². The van der Waals surface area contributed by atoms with Crippen molar-refractivity contribution in [1.82, 2.24) is 4.90 Å². The summed E-state index contributed by atoms with van der Waals surface area (Å²) < 4.78 is 0. The lowest BCUT2D eigenvalue weighted by molar-refractivity contribution is 0.203. The number of halogens is 1. The maximum Gasteiger partial charge on any atom is 0.316 e. The van der Waals surface area contributed by atoms with Gasteiger partial charge in [-0.05, 0) is 31.4 Å². The first-order valence-corrected chi connectivity index (χ1v) is 4.58. The standard InChI is InChI=1S/C9H16ClNO/c1-4-6-8(3)11(7-5-2)9(10)12/h4,8H,1,5-7H2,2-3H3/t8-/m1/s1. The maximum absolute atomic E-state index is 10.9. The van der Waals surface area contributed by atoms with Gasteiger partial charge in [0.05, 0.1) is 0 Å². The number of hydrogen-bond donors (Lipinski definition) is 0. The fraction of sp³-hybridized carbons (Fsp3) is 0.667. The number of amides is 1. The second-order valence-corrected chi connectivity index (χ2v) is 3.14. The lowest BCUT2D eigenvalue weighted by atomic mass is 10.2. The SMILES string of the molecule is C=CC[C@@H](C)N(CCC)C(=O)Cl. The third-order valence-electron chi connectivity index (χ3n) is 1.73. The van der Waals surface area contributed by atoms with E-state index >= 15 is 0 Å². The second-order valence-electron chi connectivity index (χ2n) is 2.82. The van der Waals surface area contributed by atoms with Gasteiger partial charge in [-0.2, -0.15) is 0 Å². The summed E-state index contributed by atoms with van der Waals surface area (Å²) in [6.45, 7) is 8.33. The van der Waals surface area contributed by atoms with Gasteiger partial charge in [0.1, 0.15) is 0 Å². The van der Waals surface area contributed by atoms with Gasteiger partial charge in [0.15, 0.2) is 0 Å². The van der Waals surface area contributed by atoms with E-state index in [0.717, 1.165) is 19.4 Å². The first kappa shape index (κ1) is 11.5. The van der Waals surface area contributed by atoms with Crippen molar-refractivity contribution >= 4 is 17.0 Å². The highest BCUT2D eigenvalue weighted by Crippen LogP contribution is 2.08. The molecular formula is C9H16ClNO. The molecule has 0 N–H and O–H groups in total. The lowest BCUT2D eigenvalue weighted by Crippen LogP contribution is -2.35. The summed E-state index contributed by atoms with van der Waals surface area (Å²) in [7, 11) is 0. The fourth-order valence-corrected chi connectivity index (χ4v) is 1.34. The molecule has 0 aliphatic rings. The molecular weight excluding hydrogens is 174 g/mol. The molecule has 70 valence electrons. The van der Waals surface area contributed by atoms with E-state index in [1.165, 1.54) is 0 Å². The van der Waals surface area contributed by atoms with Crippen molar-refractivity contribution in [3.05, 3.63) is 12.7 Å². The summed E-state index contributed by atoms with van der Waals surface area (Å²) in [6.07, 6.45) is 3.52. The minimum Gasteiger partial charge on any atom is -0.326 e. The van der Waals surface area contributed by atoms with Crippen LogP contribution >= 0.6 is 11.6 Å². The predicted molar refractivity (Wildman–Crippen MR) is 52.5 cm³/mol. The highest BCUT2D eigenvalue weighted by atomic mass is 35.5. The Kier molecular flexibility index (Phi) is 5.81. The molecule has 0 aromatic carbocycles. The van der Waals surface area contributed by atoms with Gasteiger partial charge in [0.2, 0.25) is 0 Å². The Hall–Kier alpha value is -0.500. The van der Waals surface area contributed by atoms with E-state index in [-0.39, 0.29) is 11.4 Å². The van der Waals surface area contributed by atoms with Crippen LogP contribution in [0.1, 0.15) is 26.7 Å². The second kappa shape index (κ2) is 6.06. The summed E-state index contributed by atoms with van der Waals surface area (Å²) >= 11 is 5.41. The van der Waals surface area contributed by atoms with E-state index in [4.69, 9.17) is 11.6 Å². The Morgan fingerprint density at radius 1 is 1.75 bits per heavy atom. The van der Waals surface area contributed by atoms with Crippen LogP contribution in [0.5, 0.6) is 0 Å². The number of nitrogens with zero attached hydrogens (tertiary/aromatic N) is 1. The quantitative estimate of drug-likeness (QED) is 0.370. The van der Waals surface area contributed by atoms with Gasteiger partial charge in [-0.1, -0.05) is 13.0 Å². The molecule has 12 heavy (non-hydrogen) atoms. The molecule has 0 aromatic rings. The van der Waals surface area contributed by atoms with Gasteiger partial charge in [0, 0.05) is 12.6 Å². The molecule has 0 aliphatic heterocycles. The van der Waals surface area contributed by atoms with Crippen LogP contribution in [0.3, 0.4) is 0 Å². The van der Waals surface area contributed by atoms with Crippen molar-refractivity contribution in [3.63, 3.8) is 0 Å². The van der Waals surface area contributed by atoms with Crippen LogP contribution in [-0.4, -0.2) is 22.9 Å². The summed E-state index contributed by atoms with van der Waals surface area (Å²) in [5.41, 5.74) is 0. The highest BCUT2D eigenvalue weighted by molar-refractivity contribution is 6.62. The third-order valence-corrected chi connectivity index (χ3v) is 1.95. The average molecular weight is 190 g/mol. The lowest BCUT2D eigenvalue weighted by Gasteiger charge is -2.25. The molecule has 0 spiro atoms. The first-order chi connectivity index (χ1) is 5.63. The average Bonchev–Trinajstić information content (AvgIpc) is 1.99. The zero-order valence-electron chi connectivity index (χ0n) is 7.72. The molecule has 1 atom stereocenters. The van der Waals surface area contributed by atoms with Crippen molar-refractivity contribution < 1.29 is 4.79 Å². The Labute approximate surface area is 79.2 Å². The molecule has 0 saturated heterocycles. The summed E-state index contributed by atoms with van der Waals surface area (Å²) in [4.78, 5) is 12.6. The van der Waals surface area contributed by atoms with Crippen molar-refractivity contribution in [3.8, 4) is 0 Å². The number of rotatable bonds is 5. The predicted octanol–water partition coefficient (Wildman–Crippen LogP) is 3.02. The molecule has 3 heteroatoms. The monoisotopic (exact) mass is 189 g/mol. The topological polar surface area (TPSA) is 20.3 Å². The maximum atomic E-state index is 10.9. The van der Waals surface area contributed by atoms with Crippen LogP contribution in [0.2, 0.25) is 0 Å². The Balaban J connectivity index is 4.07. The summed E-state index contributed by atoms with van der Waals surface area (Å²) in [5.74, 6) is 0. The molecule has 0 fully saturated rings. The summed E-state index contributed by atoms with van der Waals surface area (Å²) in [5, 5.41) is -0.369. The zero-order valence-corrected chi connectivity index (χ0v) is 8.47. The van der Waals surface area contributed by atoms with E-state index < -0.39 is 0 Å². The van der Waals surface area contributed by atoms with E-state index in [2.05, 4.69) is 6.58 Å². The Morgan fingerprint density at radius 3 is 2.67 bits per heavy atom. The minimum absolute atomic E-state index is 0.160. The minimum atomic E-state index is -0.369. The zero-order chi connectivity index (χ0) is 9.56. The Bertz CT molecular complexity index is 159. The van der Waals surface area contributed by atoms with Crippen molar-refractivity contribution in [2.75, 3.05) is 6.54 Å². The smallest absolute Gasteiger partial charge is 0.316 e. The molecule has 0 rings (SSSR count). The first-order valence-electron chi connectivity index (χ1n) is 4.20. The van der Waals surface area contributed by atoms with E-state index in [1.807, 2.05) is 13.8 Å². The van der Waals surface area contributed by atoms with Gasteiger partial charge in [-0.25, -0.2) is 0 Å². The van der Waals surface area contributed by atoms with Crippen LogP contribution < -0.4 is 0 Å². The molecule has 0 unspecified atom stereocenters. The molecule has 0 radical (unpaired) electrons. The molecule has 0 heterocycles. The van der Waals surface area contributed by atoms with Crippen molar-refractivity contribution in [1.29, 1.82) is 0 Å². The van der Waals surface area contributed by atoms with Gasteiger partial charge >= 0.3 is 5.37 Å². The molecule has 0 aromatic heterocycles. The normalized spacial score (nSPS) is 12.2. The number of carbonyl (C=O) groups excluding carboxylic acids is 1. The van der Waals surface area contributed by atoms with E-state index in [1.54, 1.807) is 11.0 Å². The largest absolute Gasteiger partial charge is 0.326 e. The van der Waals surface area contributed by atoms with Crippen molar-refractivity contribution in [2.24, 2.45) is 0 Å². The van der Waals surface area contributed by atoms with E-state index in [0.29, 0.717) is 0 Å². The fourth-order valence-electron chi connectivity index (χ4n) is 1.09. The van der Waals surface area contributed by atoms with Crippen LogP contribution in [0.15, 0.2) is 12.7 Å². The van der Waals surface area contributed by atoms with Gasteiger partial charge in [-0.3, -0.25) is 4.79 Å². The van der Waals surface area contributed by atoms with Crippen LogP contribution in [0, 0.1) is 0 Å². The van der Waals surface area contributed by atoms with Gasteiger partial charge in [0.25, 0.3) is 0 Å². The van der Waals surface area contributed by atoms with Crippen molar-refractivity contribution in [2.45, 2.75) is 32.7 Å². The number of hydrogen-bond acceptors (Lipinski definition) is 1. The van der Waals surface area contributed by atoms with Gasteiger partial charge < -0.3 is 4.90 Å². The molecule has 0 aliphatic carbocycles. The molecule has 2 nitrogen and oxygen atoms in total. The third kappa shape index (κ3) is 3.77. The van der Waals surface area contributed by atoms with Crippen LogP contribution in [0.25, 0.3) is 0 Å². The van der Waals surface area contributed by atoms with Gasteiger partial charge in [-0.15, -0.1) is 6.58 Å². The number of carbonyl (C=O) groups is 1. The van der Waals surface area contributed by atoms with Crippen LogP contribution in [0.4, 0.5) is 4.79 Å².